The van der Waals surface area contributed by atoms with E-state index in [1.807, 2.05) is 0 Å². The fourth-order valence-electron chi connectivity index (χ4n) is 3.99. The number of amides is 1. The third kappa shape index (κ3) is 4.06. The van der Waals surface area contributed by atoms with Gasteiger partial charge in [0, 0.05) is 35.8 Å². The number of carboxylic acid groups (broad SMARTS) is 1. The van der Waals surface area contributed by atoms with Crippen molar-refractivity contribution in [3.05, 3.63) is 57.5 Å². The standard InChI is InChI=1S/C23H15F3N4O5S/c1-10(31)28-18-6-12(21-29-17(9-36-21)23(24,25)26)14(7-27-18)11-4-13-19-16(5-11)35-3-2-30(19)8-15(20(13)32)22(33)34/h4-9H,2-3H2,1H3,(H,33,34)(H,27,28,31). The Balaban J connectivity index is 1.77. The number of nitrogens with zero attached hydrogens (tertiary/aromatic N) is 3. The van der Waals surface area contributed by atoms with Gasteiger partial charge < -0.3 is 19.7 Å². The van der Waals surface area contributed by atoms with Crippen molar-refractivity contribution in [3.63, 3.8) is 0 Å². The van der Waals surface area contributed by atoms with Gasteiger partial charge in [-0.1, -0.05) is 0 Å². The predicted molar refractivity (Wildman–Crippen MR) is 124 cm³/mol. The van der Waals surface area contributed by atoms with Crippen molar-refractivity contribution in [2.75, 3.05) is 11.9 Å². The third-order valence-electron chi connectivity index (χ3n) is 5.50. The normalized spacial score (nSPS) is 12.9. The summed E-state index contributed by atoms with van der Waals surface area (Å²) in [6.45, 7) is 1.82. The minimum absolute atomic E-state index is 0.0117. The number of carbonyl (C=O) groups is 2. The van der Waals surface area contributed by atoms with Crippen molar-refractivity contribution in [2.45, 2.75) is 19.6 Å². The van der Waals surface area contributed by atoms with Crippen LogP contribution in [0.3, 0.4) is 0 Å². The van der Waals surface area contributed by atoms with Crippen LogP contribution in [0.15, 0.2) is 40.8 Å². The molecule has 1 aliphatic heterocycles. The Morgan fingerprint density at radius 2 is 2.00 bits per heavy atom. The van der Waals surface area contributed by atoms with Crippen LogP contribution in [0.25, 0.3) is 32.6 Å². The summed E-state index contributed by atoms with van der Waals surface area (Å²) in [5.74, 6) is -1.40. The summed E-state index contributed by atoms with van der Waals surface area (Å²) in [6.07, 6.45) is -2.05. The number of aromatic carboxylic acids is 1. The second-order valence-electron chi connectivity index (χ2n) is 7.92. The van der Waals surface area contributed by atoms with Crippen LogP contribution >= 0.6 is 11.3 Å². The first kappa shape index (κ1) is 23.5. The van der Waals surface area contributed by atoms with Crippen molar-refractivity contribution in [1.29, 1.82) is 0 Å². The summed E-state index contributed by atoms with van der Waals surface area (Å²) in [7, 11) is 0. The molecule has 1 amide bonds. The van der Waals surface area contributed by atoms with Gasteiger partial charge in [0.1, 0.15) is 28.7 Å². The second-order valence-corrected chi connectivity index (χ2v) is 8.78. The molecule has 1 aliphatic rings. The Labute approximate surface area is 203 Å². The SMILES string of the molecule is CC(=O)Nc1cc(-c2nc(C(F)(F)F)cs2)c(-c2cc3c4c(c2)c(=O)c(C(=O)O)cn4CCO3)cn1. The molecular formula is C23H15F3N4O5S. The van der Waals surface area contributed by atoms with Crippen LogP contribution in [-0.4, -0.2) is 38.1 Å². The lowest BCUT2D eigenvalue weighted by Crippen LogP contribution is -2.23. The highest BCUT2D eigenvalue weighted by Crippen LogP contribution is 2.41. The highest BCUT2D eigenvalue weighted by Gasteiger charge is 2.34. The molecule has 13 heteroatoms. The zero-order valence-corrected chi connectivity index (χ0v) is 19.2. The quantitative estimate of drug-likeness (QED) is 0.416. The molecule has 3 aromatic heterocycles. The molecule has 0 saturated heterocycles. The fourth-order valence-corrected chi connectivity index (χ4v) is 4.84. The Morgan fingerprint density at radius 3 is 2.67 bits per heavy atom. The highest BCUT2D eigenvalue weighted by atomic mass is 32.1. The smallest absolute Gasteiger partial charge is 0.434 e. The summed E-state index contributed by atoms with van der Waals surface area (Å²) in [4.78, 5) is 44.1. The molecule has 36 heavy (non-hydrogen) atoms. The van der Waals surface area contributed by atoms with Gasteiger partial charge in [0.25, 0.3) is 0 Å². The largest absolute Gasteiger partial charge is 0.489 e. The van der Waals surface area contributed by atoms with Crippen molar-refractivity contribution in [1.82, 2.24) is 14.5 Å². The average molecular weight is 516 g/mol. The number of carbonyl (C=O) groups excluding carboxylic acids is 1. The van der Waals surface area contributed by atoms with Gasteiger partial charge in [-0.2, -0.15) is 13.2 Å². The number of nitrogens with one attached hydrogen (secondary N) is 1. The molecule has 1 aromatic carbocycles. The van der Waals surface area contributed by atoms with E-state index >= 15 is 0 Å². The maximum atomic E-state index is 13.2. The van der Waals surface area contributed by atoms with Gasteiger partial charge in [-0.25, -0.2) is 14.8 Å². The molecule has 0 fully saturated rings. The van der Waals surface area contributed by atoms with Crippen molar-refractivity contribution < 1.29 is 32.6 Å². The first-order chi connectivity index (χ1) is 17.0. The van der Waals surface area contributed by atoms with E-state index < -0.39 is 34.7 Å². The number of ether oxygens (including phenoxy) is 1. The van der Waals surface area contributed by atoms with Crippen LogP contribution in [0.2, 0.25) is 0 Å². The number of thiazole rings is 1. The van der Waals surface area contributed by atoms with E-state index in [0.717, 1.165) is 16.7 Å². The number of benzene rings is 1. The molecule has 0 spiro atoms. The van der Waals surface area contributed by atoms with Crippen LogP contribution in [0.4, 0.5) is 19.0 Å². The molecule has 9 nitrogen and oxygen atoms in total. The van der Waals surface area contributed by atoms with Crippen LogP contribution in [0.1, 0.15) is 23.0 Å². The zero-order valence-electron chi connectivity index (χ0n) is 18.3. The third-order valence-corrected chi connectivity index (χ3v) is 6.38. The van der Waals surface area contributed by atoms with Gasteiger partial charge >= 0.3 is 12.1 Å². The maximum Gasteiger partial charge on any atom is 0.434 e. The molecular weight excluding hydrogens is 501 g/mol. The van der Waals surface area contributed by atoms with Gasteiger partial charge in [0.2, 0.25) is 11.3 Å². The van der Waals surface area contributed by atoms with Gasteiger partial charge in [-0.05, 0) is 23.8 Å². The minimum Gasteiger partial charge on any atom is -0.489 e. The van der Waals surface area contributed by atoms with Crippen molar-refractivity contribution in [3.8, 4) is 27.4 Å². The van der Waals surface area contributed by atoms with E-state index in [-0.39, 0.29) is 28.4 Å². The lowest BCUT2D eigenvalue weighted by Gasteiger charge is -2.22. The Hall–Kier alpha value is -4.26. The first-order valence-corrected chi connectivity index (χ1v) is 11.3. The maximum absolute atomic E-state index is 13.2. The molecule has 0 saturated carbocycles. The van der Waals surface area contributed by atoms with Crippen LogP contribution in [0, 0.1) is 0 Å². The Kier molecular flexibility index (Phi) is 5.51. The molecule has 0 radical (unpaired) electrons. The molecule has 0 bridgehead atoms. The molecule has 4 heterocycles. The van der Waals surface area contributed by atoms with Gasteiger partial charge in [-0.15, -0.1) is 11.3 Å². The van der Waals surface area contributed by atoms with Crippen LogP contribution in [0.5, 0.6) is 5.75 Å². The number of halogens is 3. The van der Waals surface area contributed by atoms with E-state index in [2.05, 4.69) is 15.3 Å². The number of alkyl halides is 3. The summed E-state index contributed by atoms with van der Waals surface area (Å²) in [5.41, 5.74) is -0.902. The molecule has 2 N–H and O–H groups in total. The number of hydrogen-bond acceptors (Lipinski definition) is 7. The lowest BCUT2D eigenvalue weighted by atomic mass is 9.98. The first-order valence-electron chi connectivity index (χ1n) is 10.4. The highest BCUT2D eigenvalue weighted by molar-refractivity contribution is 7.13. The van der Waals surface area contributed by atoms with Gasteiger partial charge in [0.15, 0.2) is 5.69 Å². The molecule has 0 atom stereocenters. The second kappa shape index (κ2) is 8.45. The zero-order chi connectivity index (χ0) is 25.8. The van der Waals surface area contributed by atoms with E-state index in [1.54, 1.807) is 10.6 Å². The number of hydrogen-bond donors (Lipinski definition) is 2. The van der Waals surface area contributed by atoms with E-state index in [1.165, 1.54) is 31.5 Å². The summed E-state index contributed by atoms with van der Waals surface area (Å²) >= 11 is 0.756. The number of rotatable bonds is 4. The summed E-state index contributed by atoms with van der Waals surface area (Å²) in [6, 6.07) is 4.45. The van der Waals surface area contributed by atoms with Crippen molar-refractivity contribution >= 4 is 39.9 Å². The molecule has 184 valence electrons. The number of carboxylic acids is 1. The van der Waals surface area contributed by atoms with E-state index in [9.17, 15) is 32.7 Å². The molecule has 4 aromatic rings. The van der Waals surface area contributed by atoms with E-state index in [0.29, 0.717) is 28.9 Å². The van der Waals surface area contributed by atoms with Crippen molar-refractivity contribution in [2.24, 2.45) is 0 Å². The van der Waals surface area contributed by atoms with Crippen LogP contribution in [-0.2, 0) is 17.5 Å². The molecule has 0 aliphatic carbocycles. The number of pyridine rings is 2. The number of aromatic nitrogens is 3. The predicted octanol–water partition coefficient (Wildman–Crippen LogP) is 4.25. The summed E-state index contributed by atoms with van der Waals surface area (Å²) in [5, 5.41) is 13.0. The molecule has 0 unspecified atom stereocenters. The summed E-state index contributed by atoms with van der Waals surface area (Å²) < 4.78 is 47.1. The van der Waals surface area contributed by atoms with E-state index in [4.69, 9.17) is 4.74 Å². The fraction of sp³-hybridized carbons (Fsp3) is 0.174. The molecule has 5 rings (SSSR count). The topological polar surface area (TPSA) is 123 Å². The lowest BCUT2D eigenvalue weighted by molar-refractivity contribution is -0.140. The van der Waals surface area contributed by atoms with Gasteiger partial charge in [0.05, 0.1) is 17.4 Å². The average Bonchev–Trinajstić information content (AvgIpc) is 3.31. The number of anilines is 1. The Morgan fingerprint density at radius 1 is 1.22 bits per heavy atom. The monoisotopic (exact) mass is 516 g/mol. The van der Waals surface area contributed by atoms with Gasteiger partial charge in [-0.3, -0.25) is 9.59 Å². The van der Waals surface area contributed by atoms with Crippen LogP contribution < -0.4 is 15.5 Å². The minimum atomic E-state index is -4.65. The Bertz CT molecular complexity index is 1630.